The molecule has 1 atom stereocenters. The maximum Gasteiger partial charge on any atom is 0.0642 e. The predicted molar refractivity (Wildman–Crippen MR) is 25.3 cm³/mol. The minimum absolute atomic E-state index is 0.627. The second kappa shape index (κ2) is 1.27. The molecule has 0 amide bonds. The van der Waals surface area contributed by atoms with Crippen LogP contribution in [0.4, 0.5) is 0 Å². The Balaban J connectivity index is 2.08. The Morgan fingerprint density at radius 3 is 2.20 bits per heavy atom. The van der Waals surface area contributed by atoms with Gasteiger partial charge in [-0.05, 0) is 13.0 Å². The van der Waals surface area contributed by atoms with E-state index in [0.29, 0.717) is 4.95 Å². The van der Waals surface area contributed by atoms with Crippen molar-refractivity contribution < 1.29 is 0 Å². The zero-order valence-corrected chi connectivity index (χ0v) is 4.46. The van der Waals surface area contributed by atoms with Crippen LogP contribution in [0, 0.1) is 0 Å². The van der Waals surface area contributed by atoms with Gasteiger partial charge in [-0.2, -0.15) is 0 Å². The van der Waals surface area contributed by atoms with Crippen molar-refractivity contribution >= 4 is 15.9 Å². The van der Waals surface area contributed by atoms with Crippen LogP contribution in [0.25, 0.3) is 0 Å². The molecule has 1 rings (SSSR count). The number of alkyl halides is 1. The SMILES string of the molecule is BrC1CCN1. The van der Waals surface area contributed by atoms with Crippen LogP contribution in [0.5, 0.6) is 0 Å². The van der Waals surface area contributed by atoms with E-state index < -0.39 is 0 Å². The van der Waals surface area contributed by atoms with Crippen molar-refractivity contribution in [2.24, 2.45) is 0 Å². The molecule has 1 unspecified atom stereocenters. The average molecular weight is 136 g/mol. The van der Waals surface area contributed by atoms with Gasteiger partial charge in [0.25, 0.3) is 0 Å². The van der Waals surface area contributed by atoms with Crippen molar-refractivity contribution in [2.75, 3.05) is 6.54 Å². The molecule has 1 aliphatic heterocycles. The normalized spacial score (nSPS) is 36.6. The highest BCUT2D eigenvalue weighted by molar-refractivity contribution is 9.09. The average Bonchev–Trinajstić information content (AvgIpc) is 1.30. The van der Waals surface area contributed by atoms with E-state index >= 15 is 0 Å². The highest BCUT2D eigenvalue weighted by Gasteiger charge is 2.09. The van der Waals surface area contributed by atoms with Crippen LogP contribution >= 0.6 is 15.9 Å². The minimum Gasteiger partial charge on any atom is -0.305 e. The van der Waals surface area contributed by atoms with Gasteiger partial charge in [0.15, 0.2) is 0 Å². The summed E-state index contributed by atoms with van der Waals surface area (Å²) in [5.74, 6) is 0. The molecule has 0 spiro atoms. The number of nitrogens with one attached hydrogen (secondary N) is 1. The molecule has 1 nitrogen and oxygen atoms in total. The molecular formula is C3H6BrN. The van der Waals surface area contributed by atoms with Gasteiger partial charge in [0, 0.05) is 0 Å². The van der Waals surface area contributed by atoms with E-state index in [1.165, 1.54) is 13.0 Å². The van der Waals surface area contributed by atoms with Gasteiger partial charge < -0.3 is 5.32 Å². The van der Waals surface area contributed by atoms with Crippen LogP contribution in [0.1, 0.15) is 6.42 Å². The number of hydrogen-bond donors (Lipinski definition) is 1. The van der Waals surface area contributed by atoms with Crippen LogP contribution in [-0.2, 0) is 0 Å². The minimum atomic E-state index is 0.627. The molecule has 0 radical (unpaired) electrons. The van der Waals surface area contributed by atoms with Gasteiger partial charge in [0.05, 0.1) is 4.95 Å². The second-order valence-electron chi connectivity index (χ2n) is 1.21. The van der Waals surface area contributed by atoms with Crippen molar-refractivity contribution in [3.63, 3.8) is 0 Å². The van der Waals surface area contributed by atoms with E-state index in [9.17, 15) is 0 Å². The van der Waals surface area contributed by atoms with Crippen LogP contribution in [0.2, 0.25) is 0 Å². The molecule has 2 heteroatoms. The van der Waals surface area contributed by atoms with Crippen molar-refractivity contribution in [3.8, 4) is 0 Å². The lowest BCUT2D eigenvalue weighted by atomic mass is 10.3. The van der Waals surface area contributed by atoms with Gasteiger partial charge in [-0.3, -0.25) is 0 Å². The first-order valence-electron chi connectivity index (χ1n) is 1.77. The quantitative estimate of drug-likeness (QED) is 0.381. The monoisotopic (exact) mass is 135 g/mol. The first kappa shape index (κ1) is 3.62. The van der Waals surface area contributed by atoms with E-state index in [1.54, 1.807) is 0 Å². The van der Waals surface area contributed by atoms with Crippen LogP contribution in [0.3, 0.4) is 0 Å². The van der Waals surface area contributed by atoms with Crippen molar-refractivity contribution in [1.29, 1.82) is 0 Å². The Kier molecular flexibility index (Phi) is 0.918. The fraction of sp³-hybridized carbons (Fsp3) is 1.00. The molecule has 1 fully saturated rings. The van der Waals surface area contributed by atoms with Crippen LogP contribution in [0.15, 0.2) is 0 Å². The molecule has 0 bridgehead atoms. The van der Waals surface area contributed by atoms with Gasteiger partial charge >= 0.3 is 0 Å². The molecule has 30 valence electrons. The van der Waals surface area contributed by atoms with E-state index in [1.807, 2.05) is 0 Å². The number of rotatable bonds is 0. The molecular weight excluding hydrogens is 130 g/mol. The Labute approximate surface area is 39.9 Å². The fourth-order valence-electron chi connectivity index (χ4n) is 0.253. The number of halogens is 1. The third-order valence-corrected chi connectivity index (χ3v) is 1.55. The van der Waals surface area contributed by atoms with Crippen molar-refractivity contribution in [3.05, 3.63) is 0 Å². The Bertz CT molecular complexity index is 33.9. The molecule has 1 N–H and O–H groups in total. The van der Waals surface area contributed by atoms with Gasteiger partial charge in [0.1, 0.15) is 0 Å². The number of hydrogen-bond acceptors (Lipinski definition) is 1. The molecule has 0 aromatic carbocycles. The van der Waals surface area contributed by atoms with Gasteiger partial charge in [0.2, 0.25) is 0 Å². The Hall–Kier alpha value is 0.440. The summed E-state index contributed by atoms with van der Waals surface area (Å²) in [7, 11) is 0. The summed E-state index contributed by atoms with van der Waals surface area (Å²) in [6.45, 7) is 1.19. The molecule has 1 aliphatic rings. The first-order valence-corrected chi connectivity index (χ1v) is 2.68. The Morgan fingerprint density at radius 2 is 2.20 bits per heavy atom. The van der Waals surface area contributed by atoms with Crippen molar-refractivity contribution in [1.82, 2.24) is 5.32 Å². The van der Waals surface area contributed by atoms with Crippen LogP contribution < -0.4 is 5.32 Å². The highest BCUT2D eigenvalue weighted by atomic mass is 79.9. The maximum absolute atomic E-state index is 3.35. The van der Waals surface area contributed by atoms with E-state index in [0.717, 1.165) is 0 Å². The zero-order chi connectivity index (χ0) is 3.70. The maximum atomic E-state index is 3.35. The summed E-state index contributed by atoms with van der Waals surface area (Å²) in [6, 6.07) is 0. The molecule has 0 aliphatic carbocycles. The standard InChI is InChI=1S/C3H6BrN/c4-3-1-2-5-3/h3,5H,1-2H2. The third-order valence-electron chi connectivity index (χ3n) is 0.764. The summed E-state index contributed by atoms with van der Waals surface area (Å²) in [5, 5.41) is 3.12. The molecule has 1 heterocycles. The van der Waals surface area contributed by atoms with Crippen LogP contribution in [-0.4, -0.2) is 11.5 Å². The zero-order valence-electron chi connectivity index (χ0n) is 2.87. The largest absolute Gasteiger partial charge is 0.305 e. The van der Waals surface area contributed by atoms with Gasteiger partial charge in [-0.1, -0.05) is 15.9 Å². The molecule has 5 heavy (non-hydrogen) atoms. The summed E-state index contributed by atoms with van der Waals surface area (Å²) in [5.41, 5.74) is 0. The Morgan fingerprint density at radius 1 is 1.80 bits per heavy atom. The smallest absolute Gasteiger partial charge is 0.0642 e. The summed E-state index contributed by atoms with van der Waals surface area (Å²) in [4.78, 5) is 0.627. The summed E-state index contributed by atoms with van der Waals surface area (Å²) < 4.78 is 0. The van der Waals surface area contributed by atoms with E-state index in [2.05, 4.69) is 21.2 Å². The molecule has 0 aromatic heterocycles. The lowest BCUT2D eigenvalue weighted by molar-refractivity contribution is 0.495. The van der Waals surface area contributed by atoms with Gasteiger partial charge in [-0.25, -0.2) is 0 Å². The fourth-order valence-corrected chi connectivity index (χ4v) is 0.711. The van der Waals surface area contributed by atoms with Crippen molar-refractivity contribution in [2.45, 2.75) is 11.4 Å². The third kappa shape index (κ3) is 0.637. The molecule has 0 aromatic rings. The molecule has 0 saturated carbocycles. The highest BCUT2D eigenvalue weighted by Crippen LogP contribution is 2.06. The first-order chi connectivity index (χ1) is 2.39. The predicted octanol–water partition coefficient (Wildman–Crippen LogP) is 0.701. The van der Waals surface area contributed by atoms with E-state index in [-0.39, 0.29) is 0 Å². The topological polar surface area (TPSA) is 12.0 Å². The van der Waals surface area contributed by atoms with Gasteiger partial charge in [-0.15, -0.1) is 0 Å². The summed E-state index contributed by atoms with van der Waals surface area (Å²) in [6.07, 6.45) is 1.29. The lowest BCUT2D eigenvalue weighted by Crippen LogP contribution is -2.37. The van der Waals surface area contributed by atoms with E-state index in [4.69, 9.17) is 0 Å². The summed E-state index contributed by atoms with van der Waals surface area (Å²) >= 11 is 3.35. The molecule has 1 saturated heterocycles. The second-order valence-corrected chi connectivity index (χ2v) is 2.32. The lowest BCUT2D eigenvalue weighted by Gasteiger charge is -2.20.